The van der Waals surface area contributed by atoms with Crippen molar-refractivity contribution in [2.45, 2.75) is 32.6 Å². The van der Waals surface area contributed by atoms with Gasteiger partial charge in [0, 0.05) is 45.8 Å². The fourth-order valence-corrected chi connectivity index (χ4v) is 4.60. The number of aryl methyl sites for hydroxylation is 2. The van der Waals surface area contributed by atoms with Crippen molar-refractivity contribution in [1.82, 2.24) is 14.7 Å². The molecule has 28 heavy (non-hydrogen) atoms. The van der Waals surface area contributed by atoms with E-state index in [1.54, 1.807) is 0 Å². The molecular formula is C23H37N3O2. The second kappa shape index (κ2) is 10.4. The Labute approximate surface area is 170 Å². The van der Waals surface area contributed by atoms with Gasteiger partial charge in [-0.15, -0.1) is 0 Å². The normalized spacial score (nSPS) is 24.9. The van der Waals surface area contributed by atoms with Crippen molar-refractivity contribution in [3.63, 3.8) is 0 Å². The van der Waals surface area contributed by atoms with E-state index in [0.29, 0.717) is 18.9 Å². The molecule has 2 atom stereocenters. The molecule has 0 saturated carbocycles. The molecule has 1 N–H and O–H groups in total. The molecule has 2 aliphatic rings. The average molecular weight is 388 g/mol. The molecule has 156 valence electrons. The van der Waals surface area contributed by atoms with E-state index in [2.05, 4.69) is 48.0 Å². The van der Waals surface area contributed by atoms with Gasteiger partial charge in [-0.05, 0) is 63.7 Å². The summed E-state index contributed by atoms with van der Waals surface area (Å²) >= 11 is 0. The van der Waals surface area contributed by atoms with Gasteiger partial charge in [0.1, 0.15) is 0 Å². The van der Waals surface area contributed by atoms with Gasteiger partial charge >= 0.3 is 0 Å². The van der Waals surface area contributed by atoms with E-state index in [9.17, 15) is 9.90 Å². The number of hydrogen-bond acceptors (Lipinski definition) is 4. The van der Waals surface area contributed by atoms with Crippen LogP contribution in [0.2, 0.25) is 0 Å². The first-order valence-corrected chi connectivity index (χ1v) is 10.9. The minimum absolute atomic E-state index is 0.182. The topological polar surface area (TPSA) is 47.0 Å². The summed E-state index contributed by atoms with van der Waals surface area (Å²) in [6.07, 6.45) is 3.60. The van der Waals surface area contributed by atoms with E-state index >= 15 is 0 Å². The first kappa shape index (κ1) is 21.3. The Kier molecular flexibility index (Phi) is 7.89. The second-order valence-electron chi connectivity index (χ2n) is 8.89. The van der Waals surface area contributed by atoms with Crippen LogP contribution in [0.1, 0.15) is 30.4 Å². The number of aliphatic hydroxyl groups excluding tert-OH is 1. The predicted octanol–water partition coefficient (Wildman–Crippen LogP) is 2.02. The maximum atomic E-state index is 12.9. The van der Waals surface area contributed by atoms with Gasteiger partial charge in [0.15, 0.2) is 0 Å². The molecule has 3 rings (SSSR count). The van der Waals surface area contributed by atoms with E-state index in [1.807, 2.05) is 4.90 Å². The number of carbonyl (C=O) groups is 1. The highest BCUT2D eigenvalue weighted by molar-refractivity contribution is 5.76. The highest BCUT2D eigenvalue weighted by Crippen LogP contribution is 2.24. The molecule has 0 aliphatic carbocycles. The number of carbonyl (C=O) groups excluding carboxylic acids is 1. The Morgan fingerprint density at radius 1 is 1.07 bits per heavy atom. The largest absolute Gasteiger partial charge is 0.396 e. The number of likely N-dealkylation sites (tertiary alicyclic amines) is 1. The molecule has 0 aromatic heterocycles. The molecule has 2 fully saturated rings. The van der Waals surface area contributed by atoms with Crippen LogP contribution in [0.4, 0.5) is 0 Å². The Morgan fingerprint density at radius 3 is 2.57 bits per heavy atom. The molecule has 2 saturated heterocycles. The molecule has 2 unspecified atom stereocenters. The minimum atomic E-state index is 0.182. The van der Waals surface area contributed by atoms with Crippen LogP contribution in [0.5, 0.6) is 0 Å². The van der Waals surface area contributed by atoms with Crippen LogP contribution in [0.15, 0.2) is 24.3 Å². The lowest BCUT2D eigenvalue weighted by molar-refractivity contribution is -0.134. The number of aliphatic hydroxyl groups is 1. The van der Waals surface area contributed by atoms with Gasteiger partial charge in [0.25, 0.3) is 0 Å². The molecule has 0 spiro atoms. The molecule has 0 bridgehead atoms. The summed E-state index contributed by atoms with van der Waals surface area (Å²) in [7, 11) is 2.19. The minimum Gasteiger partial charge on any atom is -0.396 e. The van der Waals surface area contributed by atoms with Crippen LogP contribution >= 0.6 is 0 Å². The van der Waals surface area contributed by atoms with Gasteiger partial charge in [-0.3, -0.25) is 4.79 Å². The van der Waals surface area contributed by atoms with Gasteiger partial charge in [-0.25, -0.2) is 0 Å². The van der Waals surface area contributed by atoms with Gasteiger partial charge in [0.2, 0.25) is 5.91 Å². The quantitative estimate of drug-likeness (QED) is 0.811. The van der Waals surface area contributed by atoms with Crippen molar-refractivity contribution in [2.75, 3.05) is 59.5 Å². The van der Waals surface area contributed by atoms with Crippen LogP contribution in [-0.4, -0.2) is 85.2 Å². The first-order valence-electron chi connectivity index (χ1n) is 10.9. The number of benzene rings is 1. The molecule has 2 heterocycles. The van der Waals surface area contributed by atoms with Crippen LogP contribution in [0, 0.1) is 18.8 Å². The van der Waals surface area contributed by atoms with Gasteiger partial charge in [-0.2, -0.15) is 0 Å². The summed E-state index contributed by atoms with van der Waals surface area (Å²) in [5.74, 6) is 0.925. The average Bonchev–Trinajstić information content (AvgIpc) is 2.91. The van der Waals surface area contributed by atoms with Gasteiger partial charge < -0.3 is 19.8 Å². The Bertz CT molecular complexity index is 619. The van der Waals surface area contributed by atoms with E-state index in [0.717, 1.165) is 45.6 Å². The van der Waals surface area contributed by atoms with Crippen LogP contribution in [-0.2, 0) is 11.2 Å². The molecule has 1 amide bonds. The zero-order valence-corrected chi connectivity index (χ0v) is 17.6. The summed E-state index contributed by atoms with van der Waals surface area (Å²) in [5.41, 5.74) is 2.47. The molecule has 5 heteroatoms. The van der Waals surface area contributed by atoms with Gasteiger partial charge in [0.05, 0.1) is 0 Å². The van der Waals surface area contributed by atoms with E-state index in [4.69, 9.17) is 0 Å². The second-order valence-corrected chi connectivity index (χ2v) is 8.89. The Balaban J connectivity index is 1.53. The summed E-state index contributed by atoms with van der Waals surface area (Å²) < 4.78 is 0. The fourth-order valence-electron chi connectivity index (χ4n) is 4.60. The number of piperidine rings is 1. The summed E-state index contributed by atoms with van der Waals surface area (Å²) in [4.78, 5) is 19.8. The fraction of sp³-hybridized carbons (Fsp3) is 0.696. The van der Waals surface area contributed by atoms with Crippen molar-refractivity contribution in [3.05, 3.63) is 35.4 Å². The third-order valence-corrected chi connectivity index (χ3v) is 6.31. The lowest BCUT2D eigenvalue weighted by Gasteiger charge is -2.39. The summed E-state index contributed by atoms with van der Waals surface area (Å²) in [6, 6.07) is 8.46. The molecule has 0 radical (unpaired) electrons. The molecule has 2 aliphatic heterocycles. The van der Waals surface area contributed by atoms with Crippen LogP contribution in [0.25, 0.3) is 0 Å². The molecule has 1 aromatic carbocycles. The molecule has 5 nitrogen and oxygen atoms in total. The summed E-state index contributed by atoms with van der Waals surface area (Å²) in [5, 5.41) is 9.77. The lowest BCUT2D eigenvalue weighted by atomic mass is 9.88. The van der Waals surface area contributed by atoms with E-state index < -0.39 is 0 Å². The van der Waals surface area contributed by atoms with Crippen molar-refractivity contribution >= 4 is 5.91 Å². The molecular weight excluding hydrogens is 350 g/mol. The zero-order valence-electron chi connectivity index (χ0n) is 17.6. The lowest BCUT2D eigenvalue weighted by Crippen LogP contribution is -2.48. The number of hydrogen-bond donors (Lipinski definition) is 1. The highest BCUT2D eigenvalue weighted by atomic mass is 16.3. The Morgan fingerprint density at radius 2 is 1.82 bits per heavy atom. The third kappa shape index (κ3) is 6.29. The number of nitrogens with zero attached hydrogens (tertiary/aromatic N) is 3. The monoisotopic (exact) mass is 387 g/mol. The van der Waals surface area contributed by atoms with Crippen LogP contribution in [0.3, 0.4) is 0 Å². The Hall–Kier alpha value is -1.43. The maximum Gasteiger partial charge on any atom is 0.222 e. The van der Waals surface area contributed by atoms with Crippen molar-refractivity contribution in [2.24, 2.45) is 11.8 Å². The number of likely N-dealkylation sites (N-methyl/N-ethyl adjacent to an activating group) is 1. The standard InChI is InChI=1S/C23H37N3O2/c1-19-4-6-20(7-5-19)8-9-23(28)26-16-21(14-22(17-26)18-27)15-25-11-3-10-24(2)12-13-25/h4-7,21-22,27H,3,8-18H2,1-2H3. The first-order chi connectivity index (χ1) is 13.5. The van der Waals surface area contributed by atoms with E-state index in [-0.39, 0.29) is 18.4 Å². The van der Waals surface area contributed by atoms with E-state index in [1.165, 1.54) is 24.1 Å². The zero-order chi connectivity index (χ0) is 19.9. The highest BCUT2D eigenvalue weighted by Gasteiger charge is 2.30. The summed E-state index contributed by atoms with van der Waals surface area (Å²) in [6.45, 7) is 9.41. The van der Waals surface area contributed by atoms with Crippen molar-refractivity contribution in [3.8, 4) is 0 Å². The smallest absolute Gasteiger partial charge is 0.222 e. The van der Waals surface area contributed by atoms with Gasteiger partial charge in [-0.1, -0.05) is 29.8 Å². The SMILES string of the molecule is Cc1ccc(CCC(=O)N2CC(CO)CC(CN3CCCN(C)CC3)C2)cc1. The predicted molar refractivity (Wildman–Crippen MR) is 113 cm³/mol. The van der Waals surface area contributed by atoms with Crippen LogP contribution < -0.4 is 0 Å². The maximum absolute atomic E-state index is 12.9. The third-order valence-electron chi connectivity index (χ3n) is 6.31. The van der Waals surface area contributed by atoms with Crippen molar-refractivity contribution < 1.29 is 9.90 Å². The van der Waals surface area contributed by atoms with Crippen molar-refractivity contribution in [1.29, 1.82) is 0 Å². The molecule has 1 aromatic rings. The number of amides is 1. The number of rotatable bonds is 6.